The molecule has 3 atom stereocenters. The Balaban J connectivity index is 2.03. The number of amides is 1. The van der Waals surface area contributed by atoms with Crippen molar-refractivity contribution in [3.8, 4) is 0 Å². The fraction of sp³-hybridized carbons (Fsp3) is 0.625. The molecule has 1 saturated carbocycles. The van der Waals surface area contributed by atoms with E-state index in [0.717, 1.165) is 17.8 Å². The summed E-state index contributed by atoms with van der Waals surface area (Å²) in [7, 11) is -1.36. The van der Waals surface area contributed by atoms with Crippen LogP contribution in [-0.4, -0.2) is 59.0 Å². The van der Waals surface area contributed by atoms with Crippen molar-refractivity contribution < 1.29 is 28.6 Å². The third kappa shape index (κ3) is 6.29. The number of carbonyl (C=O) groups excluding carboxylic acids is 1. The molecule has 194 valence electrons. The number of aliphatic imine (C=N–C) groups is 1. The molecule has 0 aromatic heterocycles. The predicted molar refractivity (Wildman–Crippen MR) is 142 cm³/mol. The molecule has 0 radical (unpaired) electrons. The summed E-state index contributed by atoms with van der Waals surface area (Å²) in [5.41, 5.74) is -1.69. The molecule has 0 bridgehead atoms. The molecule has 1 aromatic carbocycles. The van der Waals surface area contributed by atoms with Crippen LogP contribution in [0.1, 0.15) is 39.7 Å². The highest BCUT2D eigenvalue weighted by molar-refractivity contribution is 9.10. The zero-order valence-electron chi connectivity index (χ0n) is 21.3. The monoisotopic (exact) mass is 588 g/mol. The van der Waals surface area contributed by atoms with E-state index in [1.807, 2.05) is 0 Å². The van der Waals surface area contributed by atoms with Gasteiger partial charge in [0.1, 0.15) is 22.9 Å². The number of nitrogens with zero attached hydrogens (tertiary/aromatic N) is 2. The van der Waals surface area contributed by atoms with Gasteiger partial charge in [-0.05, 0) is 58.4 Å². The summed E-state index contributed by atoms with van der Waals surface area (Å²) in [5, 5.41) is 10.3. The van der Waals surface area contributed by atoms with Crippen LogP contribution in [0, 0.1) is 11.7 Å². The van der Waals surface area contributed by atoms with E-state index in [1.165, 1.54) is 11.0 Å². The summed E-state index contributed by atoms with van der Waals surface area (Å²) in [4.78, 5) is 31.7. The molecule has 1 aromatic rings. The average molecular weight is 590 g/mol. The molecule has 3 rings (SSSR count). The minimum atomic E-state index is -1.36. The third-order valence-corrected chi connectivity index (χ3v) is 9.77. The second-order valence-corrected chi connectivity index (χ2v) is 19.3. The Morgan fingerprint density at radius 1 is 1.34 bits per heavy atom. The summed E-state index contributed by atoms with van der Waals surface area (Å²) < 4.78 is 25.9. The molecule has 1 N–H and O–H groups in total. The van der Waals surface area contributed by atoms with Gasteiger partial charge in [-0.15, -0.1) is 0 Å². The number of fused-ring (bicyclic) bond motifs is 1. The molecule has 0 spiro atoms. The highest BCUT2D eigenvalue weighted by Gasteiger charge is 2.72. The molecule has 1 aliphatic heterocycles. The number of thioether (sulfide) groups is 1. The zero-order chi connectivity index (χ0) is 26.4. The maximum absolute atomic E-state index is 15.0. The van der Waals surface area contributed by atoms with Crippen LogP contribution in [0.4, 0.5) is 9.18 Å². The van der Waals surface area contributed by atoms with E-state index in [0.29, 0.717) is 17.5 Å². The maximum Gasteiger partial charge on any atom is 0.418 e. The lowest BCUT2D eigenvalue weighted by Crippen LogP contribution is -2.47. The summed E-state index contributed by atoms with van der Waals surface area (Å²) in [5.74, 6) is -1.92. The second-order valence-electron chi connectivity index (χ2n) is 11.5. The Morgan fingerprint density at radius 2 is 2.00 bits per heavy atom. The van der Waals surface area contributed by atoms with Gasteiger partial charge < -0.3 is 14.6 Å². The number of rotatable bonds is 7. The standard InChI is InChI=1S/C24H34BrFN2O5SSi/c1-22(2,3)33-21(31)28(14-32-10-11-35(5,6)7)20-27-23(4,16-12-15(25)8-9-17(16)26)18-13-24(18,34-20)19(29)30/h8-9,12,18H,10-11,13-14H2,1-7H3,(H,29,30). The maximum atomic E-state index is 15.0. The summed E-state index contributed by atoms with van der Waals surface area (Å²) in [6.07, 6.45) is -0.380. The van der Waals surface area contributed by atoms with E-state index < -0.39 is 47.8 Å². The fourth-order valence-electron chi connectivity index (χ4n) is 4.04. The highest BCUT2D eigenvalue weighted by atomic mass is 79.9. The van der Waals surface area contributed by atoms with Crippen LogP contribution in [0.25, 0.3) is 0 Å². The van der Waals surface area contributed by atoms with Crippen LogP contribution in [-0.2, 0) is 19.8 Å². The Labute approximate surface area is 220 Å². The van der Waals surface area contributed by atoms with Crippen molar-refractivity contribution in [3.63, 3.8) is 0 Å². The molecule has 3 unspecified atom stereocenters. The van der Waals surface area contributed by atoms with Crippen molar-refractivity contribution in [1.82, 2.24) is 4.90 Å². The van der Waals surface area contributed by atoms with E-state index in [-0.39, 0.29) is 17.5 Å². The van der Waals surface area contributed by atoms with Crippen LogP contribution < -0.4 is 0 Å². The van der Waals surface area contributed by atoms with Crippen LogP contribution in [0.2, 0.25) is 25.7 Å². The van der Waals surface area contributed by atoms with Crippen molar-refractivity contribution >= 4 is 53.0 Å². The normalized spacial score (nSPS) is 26.0. The molecule has 1 aliphatic carbocycles. The van der Waals surface area contributed by atoms with Crippen LogP contribution in [0.3, 0.4) is 0 Å². The average Bonchev–Trinajstić information content (AvgIpc) is 3.45. The number of halogens is 2. The molecule has 2 aliphatic rings. The zero-order valence-corrected chi connectivity index (χ0v) is 24.7. The topological polar surface area (TPSA) is 88.4 Å². The van der Waals surface area contributed by atoms with Gasteiger partial charge in [0.15, 0.2) is 5.17 Å². The molecular weight excluding hydrogens is 555 g/mol. The molecule has 1 heterocycles. The molecule has 1 amide bonds. The Kier molecular flexibility index (Phi) is 7.87. The van der Waals surface area contributed by atoms with Gasteiger partial charge >= 0.3 is 12.1 Å². The third-order valence-electron chi connectivity index (χ3n) is 6.09. The first-order chi connectivity index (χ1) is 16.0. The predicted octanol–water partition coefficient (Wildman–Crippen LogP) is 6.30. The lowest BCUT2D eigenvalue weighted by Gasteiger charge is -2.37. The van der Waals surface area contributed by atoms with E-state index in [4.69, 9.17) is 14.5 Å². The number of amidine groups is 1. The molecular formula is C24H34BrFN2O5SSi. The number of carboxylic acids is 1. The first-order valence-electron chi connectivity index (χ1n) is 11.5. The number of benzene rings is 1. The van der Waals surface area contributed by atoms with Crippen molar-refractivity contribution in [2.24, 2.45) is 10.9 Å². The molecule has 11 heteroatoms. The second kappa shape index (κ2) is 9.79. The number of carbonyl (C=O) groups is 2. The number of aliphatic carboxylic acids is 1. The quantitative estimate of drug-likeness (QED) is 0.228. The van der Waals surface area contributed by atoms with E-state index in [1.54, 1.807) is 39.8 Å². The SMILES string of the molecule is CC(C)(C)OC(=O)N(COCC[Si](C)(C)C)C1=NC(C)(c2cc(Br)ccc2F)C2CC2(C(=O)O)S1. The number of carboxylic acid groups (broad SMARTS) is 1. The van der Waals surface area contributed by atoms with Crippen LogP contribution in [0.15, 0.2) is 27.7 Å². The highest BCUT2D eigenvalue weighted by Crippen LogP contribution is 2.66. The molecule has 7 nitrogen and oxygen atoms in total. The van der Waals surface area contributed by atoms with Crippen molar-refractivity contribution in [2.45, 2.75) is 75.7 Å². The van der Waals surface area contributed by atoms with Crippen LogP contribution in [0.5, 0.6) is 0 Å². The summed E-state index contributed by atoms with van der Waals surface area (Å²) in [6, 6.07) is 5.44. The Hall–Kier alpha value is -1.43. The van der Waals surface area contributed by atoms with Gasteiger partial charge in [0.2, 0.25) is 0 Å². The van der Waals surface area contributed by atoms with Gasteiger partial charge in [0, 0.05) is 30.6 Å². The molecule has 0 saturated heterocycles. The molecule has 1 fully saturated rings. The number of hydrogen-bond donors (Lipinski definition) is 1. The van der Waals surface area contributed by atoms with Crippen molar-refractivity contribution in [2.75, 3.05) is 13.3 Å². The van der Waals surface area contributed by atoms with Crippen LogP contribution >= 0.6 is 27.7 Å². The first kappa shape index (κ1) is 28.1. The van der Waals surface area contributed by atoms with Gasteiger partial charge in [-0.3, -0.25) is 9.79 Å². The van der Waals surface area contributed by atoms with Crippen molar-refractivity contribution in [3.05, 3.63) is 34.1 Å². The largest absolute Gasteiger partial charge is 0.480 e. The lowest BCUT2D eigenvalue weighted by molar-refractivity contribution is -0.137. The summed E-state index contributed by atoms with van der Waals surface area (Å²) in [6.45, 7) is 14.0. The van der Waals surface area contributed by atoms with Gasteiger partial charge in [-0.2, -0.15) is 0 Å². The molecule has 35 heavy (non-hydrogen) atoms. The van der Waals surface area contributed by atoms with Gasteiger partial charge in [0.25, 0.3) is 0 Å². The number of hydrogen-bond acceptors (Lipinski definition) is 6. The van der Waals surface area contributed by atoms with Gasteiger partial charge in [-0.1, -0.05) is 47.3 Å². The minimum absolute atomic E-state index is 0.136. The smallest absolute Gasteiger partial charge is 0.418 e. The fourth-order valence-corrected chi connectivity index (χ4v) is 6.66. The Morgan fingerprint density at radius 3 is 2.57 bits per heavy atom. The first-order valence-corrected chi connectivity index (χ1v) is 16.9. The van der Waals surface area contributed by atoms with Gasteiger partial charge in [0.05, 0.1) is 5.54 Å². The summed E-state index contributed by atoms with van der Waals surface area (Å²) >= 11 is 4.40. The lowest BCUT2D eigenvalue weighted by atomic mass is 9.86. The van der Waals surface area contributed by atoms with E-state index in [9.17, 15) is 14.7 Å². The Bertz CT molecular complexity index is 1040. The van der Waals surface area contributed by atoms with E-state index in [2.05, 4.69) is 35.6 Å². The van der Waals surface area contributed by atoms with Gasteiger partial charge in [-0.25, -0.2) is 14.1 Å². The number of ether oxygens (including phenoxy) is 2. The van der Waals surface area contributed by atoms with Crippen molar-refractivity contribution in [1.29, 1.82) is 0 Å². The van der Waals surface area contributed by atoms with E-state index >= 15 is 4.39 Å². The minimum Gasteiger partial charge on any atom is -0.480 e.